The van der Waals surface area contributed by atoms with Crippen molar-refractivity contribution in [1.82, 2.24) is 30.6 Å². The molecule has 8 nitrogen and oxygen atoms in total. The highest BCUT2D eigenvalue weighted by atomic mass is 16.5. The van der Waals surface area contributed by atoms with Crippen molar-refractivity contribution in [2.24, 2.45) is 4.99 Å². The lowest BCUT2D eigenvalue weighted by Crippen LogP contribution is -2.38. The van der Waals surface area contributed by atoms with E-state index >= 15 is 0 Å². The second kappa shape index (κ2) is 8.80. The van der Waals surface area contributed by atoms with E-state index in [0.29, 0.717) is 12.5 Å². The quantitative estimate of drug-likeness (QED) is 0.497. The summed E-state index contributed by atoms with van der Waals surface area (Å²) in [7, 11) is 1.74. The van der Waals surface area contributed by atoms with Crippen LogP contribution < -0.4 is 10.6 Å². The van der Waals surface area contributed by atoms with E-state index in [0.717, 1.165) is 42.4 Å². The molecule has 2 heterocycles. The van der Waals surface area contributed by atoms with E-state index in [-0.39, 0.29) is 0 Å². The standard InChI is InChI=1S/C18H23N7O/c1-3-17-23-22-13-25(17)10-9-20-18(19-2)21-12-15-11-16(26-24-15)14-7-5-4-6-8-14/h4-8,11,13H,3,9-10,12H2,1-2H3,(H2,19,20,21). The van der Waals surface area contributed by atoms with Crippen LogP contribution in [0.25, 0.3) is 11.3 Å². The van der Waals surface area contributed by atoms with Crippen LogP contribution in [0, 0.1) is 0 Å². The van der Waals surface area contributed by atoms with Crippen molar-refractivity contribution in [3.8, 4) is 11.3 Å². The Morgan fingerprint density at radius 2 is 2.08 bits per heavy atom. The number of aliphatic imine (C=N–C) groups is 1. The van der Waals surface area contributed by atoms with E-state index in [1.165, 1.54) is 0 Å². The summed E-state index contributed by atoms with van der Waals surface area (Å²) in [5.74, 6) is 2.44. The number of hydrogen-bond donors (Lipinski definition) is 2. The summed E-state index contributed by atoms with van der Waals surface area (Å²) in [6.07, 6.45) is 2.61. The Morgan fingerprint density at radius 1 is 1.23 bits per heavy atom. The predicted molar refractivity (Wildman–Crippen MR) is 99.5 cm³/mol. The summed E-state index contributed by atoms with van der Waals surface area (Å²) >= 11 is 0. The van der Waals surface area contributed by atoms with E-state index in [9.17, 15) is 0 Å². The smallest absolute Gasteiger partial charge is 0.191 e. The van der Waals surface area contributed by atoms with Crippen LogP contribution in [0.3, 0.4) is 0 Å². The van der Waals surface area contributed by atoms with Gasteiger partial charge in [0, 0.05) is 38.2 Å². The maximum atomic E-state index is 5.40. The fourth-order valence-corrected chi connectivity index (χ4v) is 2.56. The van der Waals surface area contributed by atoms with Gasteiger partial charge in [-0.2, -0.15) is 0 Å². The lowest BCUT2D eigenvalue weighted by molar-refractivity contribution is 0.422. The summed E-state index contributed by atoms with van der Waals surface area (Å²) in [4.78, 5) is 4.23. The lowest BCUT2D eigenvalue weighted by atomic mass is 10.2. The molecule has 0 unspecified atom stereocenters. The predicted octanol–water partition coefficient (Wildman–Crippen LogP) is 1.86. The SMILES string of the molecule is CCc1nncn1CCNC(=NC)NCc1cc(-c2ccccc2)on1. The van der Waals surface area contributed by atoms with Gasteiger partial charge in [-0.3, -0.25) is 4.99 Å². The van der Waals surface area contributed by atoms with E-state index in [1.54, 1.807) is 13.4 Å². The van der Waals surface area contributed by atoms with E-state index in [2.05, 4.69) is 37.9 Å². The molecule has 0 spiro atoms. The molecule has 0 saturated heterocycles. The third-order valence-corrected chi connectivity index (χ3v) is 3.93. The number of hydrogen-bond acceptors (Lipinski definition) is 5. The average Bonchev–Trinajstić information content (AvgIpc) is 3.34. The first-order valence-corrected chi connectivity index (χ1v) is 8.62. The highest BCUT2D eigenvalue weighted by molar-refractivity contribution is 5.79. The van der Waals surface area contributed by atoms with Gasteiger partial charge in [0.2, 0.25) is 0 Å². The Hall–Kier alpha value is -3.16. The maximum absolute atomic E-state index is 5.40. The number of aryl methyl sites for hydroxylation is 1. The van der Waals surface area contributed by atoms with Crippen molar-refractivity contribution < 1.29 is 4.52 Å². The third-order valence-electron chi connectivity index (χ3n) is 3.93. The highest BCUT2D eigenvalue weighted by Gasteiger charge is 2.07. The average molecular weight is 353 g/mol. The Kier molecular flexibility index (Phi) is 5.97. The molecule has 0 saturated carbocycles. The minimum Gasteiger partial charge on any atom is -0.356 e. The Bertz CT molecular complexity index is 838. The number of nitrogens with one attached hydrogen (secondary N) is 2. The monoisotopic (exact) mass is 353 g/mol. The molecule has 1 aromatic carbocycles. The normalized spacial score (nSPS) is 11.5. The first-order valence-electron chi connectivity index (χ1n) is 8.62. The van der Waals surface area contributed by atoms with Crippen LogP contribution in [0.2, 0.25) is 0 Å². The summed E-state index contributed by atoms with van der Waals surface area (Å²) in [5.41, 5.74) is 1.83. The van der Waals surface area contributed by atoms with Crippen LogP contribution in [0.4, 0.5) is 0 Å². The van der Waals surface area contributed by atoms with Gasteiger partial charge >= 0.3 is 0 Å². The molecule has 3 aromatic rings. The third kappa shape index (κ3) is 4.47. The number of guanidine groups is 1. The van der Waals surface area contributed by atoms with Crippen molar-refractivity contribution in [3.05, 3.63) is 54.2 Å². The molecular weight excluding hydrogens is 330 g/mol. The summed E-state index contributed by atoms with van der Waals surface area (Å²) in [6.45, 7) is 4.09. The van der Waals surface area contributed by atoms with Crippen LogP contribution in [-0.4, -0.2) is 39.5 Å². The van der Waals surface area contributed by atoms with E-state index in [1.807, 2.05) is 41.0 Å². The number of rotatable bonds is 7. The molecule has 0 bridgehead atoms. The minimum absolute atomic E-state index is 0.531. The van der Waals surface area contributed by atoms with Crippen molar-refractivity contribution in [3.63, 3.8) is 0 Å². The van der Waals surface area contributed by atoms with Gasteiger partial charge in [0.1, 0.15) is 17.8 Å². The highest BCUT2D eigenvalue weighted by Crippen LogP contribution is 2.19. The van der Waals surface area contributed by atoms with Crippen LogP contribution >= 0.6 is 0 Å². The van der Waals surface area contributed by atoms with Crippen LogP contribution in [-0.2, 0) is 19.5 Å². The molecule has 136 valence electrons. The van der Waals surface area contributed by atoms with Crippen molar-refractivity contribution in [1.29, 1.82) is 0 Å². The molecule has 0 aliphatic carbocycles. The van der Waals surface area contributed by atoms with E-state index < -0.39 is 0 Å². The van der Waals surface area contributed by atoms with Gasteiger partial charge in [-0.25, -0.2) is 0 Å². The molecule has 0 fully saturated rings. The van der Waals surface area contributed by atoms with Crippen LogP contribution in [0.1, 0.15) is 18.4 Å². The molecule has 26 heavy (non-hydrogen) atoms. The molecule has 0 amide bonds. The summed E-state index contributed by atoms with van der Waals surface area (Å²) < 4.78 is 7.44. The fourth-order valence-electron chi connectivity index (χ4n) is 2.56. The van der Waals surface area contributed by atoms with Gasteiger partial charge in [-0.15, -0.1) is 10.2 Å². The Balaban J connectivity index is 1.48. The number of benzene rings is 1. The molecule has 0 aliphatic heterocycles. The van der Waals surface area contributed by atoms with Gasteiger partial charge < -0.3 is 19.7 Å². The zero-order valence-corrected chi connectivity index (χ0v) is 15.0. The topological polar surface area (TPSA) is 93.2 Å². The Labute approximate surface area is 152 Å². The molecule has 2 N–H and O–H groups in total. The van der Waals surface area contributed by atoms with Gasteiger partial charge in [0.05, 0.1) is 6.54 Å². The summed E-state index contributed by atoms with van der Waals surface area (Å²) in [5, 5.41) is 18.6. The molecule has 0 atom stereocenters. The second-order valence-corrected chi connectivity index (χ2v) is 5.70. The van der Waals surface area contributed by atoms with Crippen molar-refractivity contribution >= 4 is 5.96 Å². The van der Waals surface area contributed by atoms with Gasteiger partial charge in [-0.05, 0) is 0 Å². The first-order chi connectivity index (χ1) is 12.8. The van der Waals surface area contributed by atoms with E-state index in [4.69, 9.17) is 4.52 Å². The second-order valence-electron chi connectivity index (χ2n) is 5.70. The molecule has 8 heteroatoms. The zero-order chi connectivity index (χ0) is 18.2. The van der Waals surface area contributed by atoms with Gasteiger partial charge in [0.25, 0.3) is 0 Å². The van der Waals surface area contributed by atoms with Gasteiger partial charge in [-0.1, -0.05) is 42.4 Å². The lowest BCUT2D eigenvalue weighted by Gasteiger charge is -2.11. The maximum Gasteiger partial charge on any atom is 0.191 e. The molecular formula is C18H23N7O. The van der Waals surface area contributed by atoms with Crippen LogP contribution in [0.15, 0.2) is 52.2 Å². The molecule has 3 rings (SSSR count). The number of nitrogens with zero attached hydrogens (tertiary/aromatic N) is 5. The molecule has 0 radical (unpaired) electrons. The zero-order valence-electron chi connectivity index (χ0n) is 15.0. The minimum atomic E-state index is 0.531. The van der Waals surface area contributed by atoms with Gasteiger partial charge in [0.15, 0.2) is 11.7 Å². The largest absolute Gasteiger partial charge is 0.356 e. The first kappa shape index (κ1) is 17.7. The van der Waals surface area contributed by atoms with Crippen molar-refractivity contribution in [2.45, 2.75) is 26.4 Å². The summed E-state index contributed by atoms with van der Waals surface area (Å²) in [6, 6.07) is 11.8. The van der Waals surface area contributed by atoms with Crippen molar-refractivity contribution in [2.75, 3.05) is 13.6 Å². The van der Waals surface area contributed by atoms with Crippen LogP contribution in [0.5, 0.6) is 0 Å². The molecule has 0 aliphatic rings. The Morgan fingerprint density at radius 3 is 2.85 bits per heavy atom. The molecule has 2 aromatic heterocycles. The number of aromatic nitrogens is 4. The fraction of sp³-hybridized carbons (Fsp3) is 0.333.